The molecule has 160 valence electrons. The van der Waals surface area contributed by atoms with Gasteiger partial charge in [0.1, 0.15) is 5.82 Å². The largest absolute Gasteiger partial charge is 0.328 e. The van der Waals surface area contributed by atoms with Crippen LogP contribution in [0.1, 0.15) is 66.2 Å². The highest BCUT2D eigenvalue weighted by Crippen LogP contribution is 2.42. The average Bonchev–Trinajstić information content (AvgIpc) is 3.69. The molecule has 3 aromatic rings. The first-order valence-electron chi connectivity index (χ1n) is 11.9. The Balaban J connectivity index is 1.15. The monoisotopic (exact) mass is 414 g/mol. The minimum atomic E-state index is -0.0508. The molecule has 0 unspecified atom stereocenters. The Kier molecular flexibility index (Phi) is 4.79. The highest BCUT2D eigenvalue weighted by molar-refractivity contribution is 6.05. The predicted octanol–water partition coefficient (Wildman–Crippen LogP) is 4.87. The number of aryl methyl sites for hydroxylation is 2. The van der Waals surface area contributed by atoms with Gasteiger partial charge in [0.25, 0.3) is 5.91 Å². The van der Waals surface area contributed by atoms with Crippen molar-refractivity contribution in [3.8, 4) is 0 Å². The summed E-state index contributed by atoms with van der Waals surface area (Å²) in [5, 5.41) is 6.77. The second-order valence-corrected chi connectivity index (χ2v) is 9.57. The number of fused-ring (bicyclic) bond motifs is 3. The van der Waals surface area contributed by atoms with E-state index >= 15 is 0 Å². The molecule has 2 N–H and O–H groups in total. The van der Waals surface area contributed by atoms with Gasteiger partial charge < -0.3 is 15.2 Å². The lowest BCUT2D eigenvalue weighted by atomic mass is 10.1. The summed E-state index contributed by atoms with van der Waals surface area (Å²) in [5.74, 6) is 2.58. The predicted molar refractivity (Wildman–Crippen MR) is 124 cm³/mol. The van der Waals surface area contributed by atoms with Gasteiger partial charge in [-0.05, 0) is 80.5 Å². The fourth-order valence-electron chi connectivity index (χ4n) is 4.97. The molecule has 31 heavy (non-hydrogen) atoms. The van der Waals surface area contributed by atoms with Crippen molar-refractivity contribution in [1.82, 2.24) is 14.9 Å². The third-order valence-electron chi connectivity index (χ3n) is 7.10. The zero-order chi connectivity index (χ0) is 20.8. The van der Waals surface area contributed by atoms with Gasteiger partial charge in [-0.2, -0.15) is 0 Å². The van der Waals surface area contributed by atoms with Gasteiger partial charge in [-0.1, -0.05) is 18.6 Å². The van der Waals surface area contributed by atoms with E-state index in [4.69, 9.17) is 4.98 Å². The number of imidazole rings is 1. The first kappa shape index (κ1) is 19.1. The Labute approximate surface area is 183 Å². The number of nitrogens with zero attached hydrogens (tertiary/aromatic N) is 2. The maximum absolute atomic E-state index is 12.9. The van der Waals surface area contributed by atoms with Crippen LogP contribution in [0.25, 0.3) is 11.0 Å². The number of nitrogens with one attached hydrogen (secondary N) is 2. The van der Waals surface area contributed by atoms with Gasteiger partial charge in [0, 0.05) is 36.2 Å². The minimum absolute atomic E-state index is 0.0508. The van der Waals surface area contributed by atoms with Crippen LogP contribution in [0.2, 0.25) is 0 Å². The first-order valence-corrected chi connectivity index (χ1v) is 11.9. The molecule has 2 atom stereocenters. The van der Waals surface area contributed by atoms with Gasteiger partial charge in [-0.25, -0.2) is 4.98 Å². The Bertz CT molecular complexity index is 1130. The number of rotatable bonds is 6. The molecule has 1 amide bonds. The summed E-state index contributed by atoms with van der Waals surface area (Å²) in [5.41, 5.74) is 4.97. The Hall–Kier alpha value is -2.66. The minimum Gasteiger partial charge on any atom is -0.328 e. The van der Waals surface area contributed by atoms with Crippen LogP contribution in [-0.4, -0.2) is 28.0 Å². The Morgan fingerprint density at radius 1 is 1.10 bits per heavy atom. The summed E-state index contributed by atoms with van der Waals surface area (Å²) in [7, 11) is 0. The van der Waals surface area contributed by atoms with Crippen LogP contribution in [0, 0.1) is 5.92 Å². The molecule has 1 aromatic heterocycles. The standard InChI is InChI=1S/C26H30N4O/c31-26(19-6-4-5-18(13-19)21-15-22(21)27-16-17-8-9-17)28-20-10-11-24-23(14-20)29-25-7-2-1-3-12-30(24)25/h4-6,10-11,13-14,17,21-22,27H,1-3,7-9,12,15-16H2,(H,28,31)/t21-,22+/m0/s1. The van der Waals surface area contributed by atoms with Crippen molar-refractivity contribution in [2.75, 3.05) is 11.9 Å². The smallest absolute Gasteiger partial charge is 0.255 e. The highest BCUT2D eigenvalue weighted by Gasteiger charge is 2.39. The second kappa shape index (κ2) is 7.79. The normalized spacial score (nSPS) is 22.7. The van der Waals surface area contributed by atoms with E-state index in [1.807, 2.05) is 24.3 Å². The fourth-order valence-corrected chi connectivity index (χ4v) is 4.97. The number of carbonyl (C=O) groups is 1. The molecule has 2 heterocycles. The van der Waals surface area contributed by atoms with Gasteiger partial charge in [0.05, 0.1) is 11.0 Å². The lowest BCUT2D eigenvalue weighted by Gasteiger charge is -2.08. The summed E-state index contributed by atoms with van der Waals surface area (Å²) in [6.45, 7) is 2.20. The van der Waals surface area contributed by atoms with Gasteiger partial charge in [-0.15, -0.1) is 0 Å². The molecular weight excluding hydrogens is 384 g/mol. The fraction of sp³-hybridized carbons (Fsp3) is 0.462. The molecule has 0 bridgehead atoms. The van der Waals surface area contributed by atoms with E-state index in [9.17, 15) is 4.79 Å². The summed E-state index contributed by atoms with van der Waals surface area (Å²) in [6.07, 6.45) is 8.68. The lowest BCUT2D eigenvalue weighted by molar-refractivity contribution is 0.102. The molecule has 3 aliphatic rings. The van der Waals surface area contributed by atoms with E-state index in [-0.39, 0.29) is 5.91 Å². The third-order valence-corrected chi connectivity index (χ3v) is 7.10. The van der Waals surface area contributed by atoms with E-state index in [0.29, 0.717) is 12.0 Å². The lowest BCUT2D eigenvalue weighted by Crippen LogP contribution is -2.20. The number of benzene rings is 2. The summed E-state index contributed by atoms with van der Waals surface area (Å²) in [6, 6.07) is 14.8. The van der Waals surface area contributed by atoms with E-state index in [1.165, 1.54) is 55.4 Å². The molecule has 0 saturated heterocycles. The van der Waals surface area contributed by atoms with E-state index in [0.717, 1.165) is 42.2 Å². The van der Waals surface area contributed by atoms with Crippen molar-refractivity contribution in [3.63, 3.8) is 0 Å². The second-order valence-electron chi connectivity index (χ2n) is 9.57. The molecule has 2 aliphatic carbocycles. The number of carbonyl (C=O) groups excluding carboxylic acids is 1. The van der Waals surface area contributed by atoms with Crippen LogP contribution in [0.15, 0.2) is 42.5 Å². The average molecular weight is 415 g/mol. The topological polar surface area (TPSA) is 59.0 Å². The van der Waals surface area contributed by atoms with Crippen LogP contribution in [0.5, 0.6) is 0 Å². The van der Waals surface area contributed by atoms with Crippen LogP contribution in [0.3, 0.4) is 0 Å². The van der Waals surface area contributed by atoms with Gasteiger partial charge in [0.2, 0.25) is 0 Å². The quantitative estimate of drug-likeness (QED) is 0.605. The molecule has 5 heteroatoms. The van der Waals surface area contributed by atoms with Crippen molar-refractivity contribution in [1.29, 1.82) is 0 Å². The van der Waals surface area contributed by atoms with E-state index in [2.05, 4.69) is 33.4 Å². The Morgan fingerprint density at radius 3 is 2.94 bits per heavy atom. The number of amides is 1. The van der Waals surface area contributed by atoms with Crippen LogP contribution in [0.4, 0.5) is 5.69 Å². The summed E-state index contributed by atoms with van der Waals surface area (Å²) < 4.78 is 2.35. The molecule has 5 nitrogen and oxygen atoms in total. The number of hydrogen-bond acceptors (Lipinski definition) is 3. The SMILES string of the molecule is O=C(Nc1ccc2c(c1)nc1n2CCCCC1)c1cccc([C@@H]2C[C@H]2NCC2CC2)c1. The van der Waals surface area contributed by atoms with Crippen molar-refractivity contribution >= 4 is 22.6 Å². The van der Waals surface area contributed by atoms with E-state index < -0.39 is 0 Å². The van der Waals surface area contributed by atoms with Crippen molar-refractivity contribution in [2.45, 2.75) is 63.5 Å². The zero-order valence-corrected chi connectivity index (χ0v) is 17.9. The van der Waals surface area contributed by atoms with Crippen molar-refractivity contribution in [3.05, 3.63) is 59.4 Å². The molecule has 2 fully saturated rings. The van der Waals surface area contributed by atoms with Crippen molar-refractivity contribution in [2.24, 2.45) is 5.92 Å². The maximum atomic E-state index is 12.9. The van der Waals surface area contributed by atoms with Gasteiger partial charge in [-0.3, -0.25) is 4.79 Å². The van der Waals surface area contributed by atoms with E-state index in [1.54, 1.807) is 0 Å². The molecule has 0 radical (unpaired) electrons. The zero-order valence-electron chi connectivity index (χ0n) is 17.9. The summed E-state index contributed by atoms with van der Waals surface area (Å²) in [4.78, 5) is 17.8. The molecule has 2 saturated carbocycles. The number of aromatic nitrogens is 2. The Morgan fingerprint density at radius 2 is 2.03 bits per heavy atom. The first-order chi connectivity index (χ1) is 15.2. The number of anilines is 1. The molecule has 2 aromatic carbocycles. The van der Waals surface area contributed by atoms with Gasteiger partial charge >= 0.3 is 0 Å². The van der Waals surface area contributed by atoms with Crippen LogP contribution >= 0.6 is 0 Å². The molecular formula is C26H30N4O. The molecule has 1 aliphatic heterocycles. The third kappa shape index (κ3) is 3.99. The maximum Gasteiger partial charge on any atom is 0.255 e. The molecule has 0 spiro atoms. The molecule has 6 rings (SSSR count). The number of hydrogen-bond donors (Lipinski definition) is 2. The van der Waals surface area contributed by atoms with Crippen LogP contribution in [-0.2, 0) is 13.0 Å². The van der Waals surface area contributed by atoms with Crippen LogP contribution < -0.4 is 10.6 Å². The van der Waals surface area contributed by atoms with Crippen molar-refractivity contribution < 1.29 is 4.79 Å². The summed E-state index contributed by atoms with van der Waals surface area (Å²) >= 11 is 0. The highest BCUT2D eigenvalue weighted by atomic mass is 16.1. The van der Waals surface area contributed by atoms with Gasteiger partial charge in [0.15, 0.2) is 0 Å².